The minimum Gasteiger partial charge on any atom is -0.368 e. The second-order valence-electron chi connectivity index (χ2n) is 6.52. The van der Waals surface area contributed by atoms with E-state index in [9.17, 15) is 9.59 Å². The van der Waals surface area contributed by atoms with Crippen LogP contribution in [-0.4, -0.2) is 60.5 Å². The molecule has 3 heterocycles. The van der Waals surface area contributed by atoms with Gasteiger partial charge in [-0.2, -0.15) is 0 Å². The zero-order chi connectivity index (χ0) is 14.2. The lowest BCUT2D eigenvalue weighted by Crippen LogP contribution is -2.47. The van der Waals surface area contributed by atoms with Gasteiger partial charge in [0.05, 0.1) is 0 Å². The van der Waals surface area contributed by atoms with Crippen molar-refractivity contribution in [3.8, 4) is 0 Å². The van der Waals surface area contributed by atoms with Gasteiger partial charge in [0.15, 0.2) is 0 Å². The lowest BCUT2D eigenvalue weighted by atomic mass is 9.77. The summed E-state index contributed by atoms with van der Waals surface area (Å²) in [5.41, 5.74) is 0.263. The molecule has 0 aromatic carbocycles. The first-order valence-electron chi connectivity index (χ1n) is 7.76. The third-order valence-corrected chi connectivity index (χ3v) is 5.22. The van der Waals surface area contributed by atoms with E-state index in [-0.39, 0.29) is 23.3 Å². The Morgan fingerprint density at radius 1 is 1.10 bits per heavy atom. The Labute approximate surface area is 120 Å². The van der Waals surface area contributed by atoms with Crippen molar-refractivity contribution in [1.29, 1.82) is 0 Å². The molecular weight excluding hydrogens is 256 g/mol. The molecule has 1 unspecified atom stereocenters. The highest BCUT2D eigenvalue weighted by atomic mass is 16.5. The molecule has 0 aliphatic carbocycles. The van der Waals surface area contributed by atoms with Crippen LogP contribution >= 0.6 is 0 Å². The molecule has 3 aliphatic rings. The maximum atomic E-state index is 12.3. The highest BCUT2D eigenvalue weighted by molar-refractivity contribution is 5.81. The summed E-state index contributed by atoms with van der Waals surface area (Å²) in [7, 11) is 0. The Morgan fingerprint density at radius 2 is 1.75 bits per heavy atom. The number of amides is 2. The van der Waals surface area contributed by atoms with Gasteiger partial charge in [0.25, 0.3) is 5.91 Å². The van der Waals surface area contributed by atoms with Gasteiger partial charge in [-0.15, -0.1) is 0 Å². The molecule has 1 atom stereocenters. The third kappa shape index (κ3) is 2.55. The van der Waals surface area contributed by atoms with E-state index >= 15 is 0 Å². The van der Waals surface area contributed by atoms with Crippen LogP contribution in [0.4, 0.5) is 0 Å². The lowest BCUT2D eigenvalue weighted by molar-refractivity contribution is -0.143. The molecule has 0 saturated carbocycles. The minimum absolute atomic E-state index is 0.179. The van der Waals surface area contributed by atoms with E-state index in [1.807, 2.05) is 9.80 Å². The molecule has 0 radical (unpaired) electrons. The number of hydrogen-bond acceptors (Lipinski definition) is 3. The number of piperidine rings is 1. The molecule has 1 spiro atoms. The van der Waals surface area contributed by atoms with E-state index in [4.69, 9.17) is 4.74 Å². The molecule has 0 bridgehead atoms. The first-order chi connectivity index (χ1) is 9.60. The Kier molecular flexibility index (Phi) is 3.71. The fraction of sp³-hybridized carbons (Fsp3) is 0.867. The highest BCUT2D eigenvalue weighted by Crippen LogP contribution is 2.40. The van der Waals surface area contributed by atoms with Gasteiger partial charge < -0.3 is 14.5 Å². The standard InChI is InChI=1S/C15H24N2O3/c1-12(18)17-9-6-15(11-17)4-7-16(8-5-15)14(19)13-3-2-10-20-13/h13H,2-11H2,1H3. The van der Waals surface area contributed by atoms with Crippen LogP contribution in [-0.2, 0) is 14.3 Å². The van der Waals surface area contributed by atoms with E-state index in [0.29, 0.717) is 0 Å². The molecule has 0 aromatic heterocycles. The molecule has 3 aliphatic heterocycles. The van der Waals surface area contributed by atoms with Crippen molar-refractivity contribution in [2.75, 3.05) is 32.8 Å². The molecule has 3 saturated heterocycles. The summed E-state index contributed by atoms with van der Waals surface area (Å²) in [6.07, 6.45) is 4.82. The van der Waals surface area contributed by atoms with Crippen molar-refractivity contribution >= 4 is 11.8 Å². The van der Waals surface area contributed by atoms with Crippen LogP contribution in [0.25, 0.3) is 0 Å². The zero-order valence-corrected chi connectivity index (χ0v) is 12.3. The Hall–Kier alpha value is -1.10. The van der Waals surface area contributed by atoms with E-state index in [1.165, 1.54) is 0 Å². The van der Waals surface area contributed by atoms with Gasteiger partial charge >= 0.3 is 0 Å². The molecule has 5 nitrogen and oxygen atoms in total. The number of ether oxygens (including phenoxy) is 1. The van der Waals surface area contributed by atoms with Crippen molar-refractivity contribution in [3.05, 3.63) is 0 Å². The van der Waals surface area contributed by atoms with Crippen LogP contribution in [0.2, 0.25) is 0 Å². The quantitative estimate of drug-likeness (QED) is 0.721. The van der Waals surface area contributed by atoms with E-state index in [1.54, 1.807) is 6.92 Å². The van der Waals surface area contributed by atoms with Gasteiger partial charge in [0.2, 0.25) is 5.91 Å². The number of carbonyl (C=O) groups excluding carboxylic acids is 2. The largest absolute Gasteiger partial charge is 0.368 e. The summed E-state index contributed by atoms with van der Waals surface area (Å²) in [5, 5.41) is 0. The number of likely N-dealkylation sites (tertiary alicyclic amines) is 2. The highest BCUT2D eigenvalue weighted by Gasteiger charge is 2.43. The van der Waals surface area contributed by atoms with Crippen LogP contribution in [0, 0.1) is 5.41 Å². The molecule has 20 heavy (non-hydrogen) atoms. The summed E-state index contributed by atoms with van der Waals surface area (Å²) < 4.78 is 5.49. The maximum absolute atomic E-state index is 12.3. The molecule has 2 amide bonds. The monoisotopic (exact) mass is 280 g/mol. The molecule has 3 fully saturated rings. The lowest BCUT2D eigenvalue weighted by Gasteiger charge is -2.39. The van der Waals surface area contributed by atoms with Crippen molar-refractivity contribution in [2.24, 2.45) is 5.41 Å². The number of nitrogens with zero attached hydrogens (tertiary/aromatic N) is 2. The van der Waals surface area contributed by atoms with Gasteiger partial charge in [-0.1, -0.05) is 0 Å². The first-order valence-corrected chi connectivity index (χ1v) is 7.76. The van der Waals surface area contributed by atoms with Crippen LogP contribution in [0.15, 0.2) is 0 Å². The number of hydrogen-bond donors (Lipinski definition) is 0. The van der Waals surface area contributed by atoms with Crippen molar-refractivity contribution in [1.82, 2.24) is 9.80 Å². The molecule has 112 valence electrons. The molecule has 0 aromatic rings. The average molecular weight is 280 g/mol. The van der Waals surface area contributed by atoms with Crippen molar-refractivity contribution in [2.45, 2.75) is 45.1 Å². The van der Waals surface area contributed by atoms with Crippen LogP contribution < -0.4 is 0 Å². The SMILES string of the molecule is CC(=O)N1CCC2(CCN(C(=O)C3CCCO3)CC2)C1. The summed E-state index contributed by atoms with van der Waals surface area (Å²) in [4.78, 5) is 27.7. The smallest absolute Gasteiger partial charge is 0.251 e. The Morgan fingerprint density at radius 3 is 2.25 bits per heavy atom. The summed E-state index contributed by atoms with van der Waals surface area (Å²) in [6, 6.07) is 0. The van der Waals surface area contributed by atoms with Crippen LogP contribution in [0.5, 0.6) is 0 Å². The minimum atomic E-state index is -0.193. The van der Waals surface area contributed by atoms with Crippen molar-refractivity contribution in [3.63, 3.8) is 0 Å². The van der Waals surface area contributed by atoms with Crippen molar-refractivity contribution < 1.29 is 14.3 Å². The van der Waals surface area contributed by atoms with Gasteiger partial charge in [0.1, 0.15) is 6.10 Å². The predicted molar refractivity (Wildman–Crippen MR) is 74.1 cm³/mol. The van der Waals surface area contributed by atoms with Gasteiger partial charge in [0, 0.05) is 39.7 Å². The van der Waals surface area contributed by atoms with Gasteiger partial charge in [-0.25, -0.2) is 0 Å². The summed E-state index contributed by atoms with van der Waals surface area (Å²) in [6.45, 7) is 5.78. The second kappa shape index (κ2) is 5.35. The molecule has 3 rings (SSSR count). The topological polar surface area (TPSA) is 49.9 Å². The Bertz CT molecular complexity index is 396. The van der Waals surface area contributed by atoms with E-state index < -0.39 is 0 Å². The fourth-order valence-electron chi connectivity index (χ4n) is 3.79. The predicted octanol–water partition coefficient (Wildman–Crippen LogP) is 1.03. The van der Waals surface area contributed by atoms with Gasteiger partial charge in [-0.3, -0.25) is 9.59 Å². The van der Waals surface area contributed by atoms with Crippen LogP contribution in [0.3, 0.4) is 0 Å². The van der Waals surface area contributed by atoms with Gasteiger partial charge in [-0.05, 0) is 37.5 Å². The Balaban J connectivity index is 1.54. The normalized spacial score (nSPS) is 29.1. The van der Waals surface area contributed by atoms with E-state index in [2.05, 4.69) is 0 Å². The van der Waals surface area contributed by atoms with Crippen LogP contribution in [0.1, 0.15) is 39.0 Å². The zero-order valence-electron chi connectivity index (χ0n) is 12.3. The molecule has 5 heteroatoms. The summed E-state index contributed by atoms with van der Waals surface area (Å²) >= 11 is 0. The maximum Gasteiger partial charge on any atom is 0.251 e. The number of rotatable bonds is 1. The summed E-state index contributed by atoms with van der Waals surface area (Å²) in [5.74, 6) is 0.360. The second-order valence-corrected chi connectivity index (χ2v) is 6.52. The number of carbonyl (C=O) groups is 2. The first kappa shape index (κ1) is 13.9. The van der Waals surface area contributed by atoms with E-state index in [0.717, 1.165) is 64.9 Å². The average Bonchev–Trinajstić information content (AvgIpc) is 3.09. The molecular formula is C15H24N2O3. The fourth-order valence-corrected chi connectivity index (χ4v) is 3.79. The molecule has 0 N–H and O–H groups in total. The third-order valence-electron chi connectivity index (χ3n) is 5.22.